The Labute approximate surface area is 200 Å². The van der Waals surface area contributed by atoms with Crippen LogP contribution in [0.4, 0.5) is 15.3 Å². The summed E-state index contributed by atoms with van der Waals surface area (Å²) in [6, 6.07) is 3.52. The standard InChI is InChI=1S/C23H27N7O5/c1-22(2,3)35-21(32)28-20(31)34-19-16-13(15-7-6-14(24)17-25-8-9-30(15)17)10-29(11-23(4,5)33)18(16)26-12-27-19/h6-10,12,33H,11,24H2,1-5H3,(H,28,31,32). The van der Waals surface area contributed by atoms with Crippen LogP contribution in [-0.4, -0.2) is 52.4 Å². The van der Waals surface area contributed by atoms with E-state index >= 15 is 0 Å². The minimum atomic E-state index is -1.06. The van der Waals surface area contributed by atoms with Crippen LogP contribution < -0.4 is 15.8 Å². The highest BCUT2D eigenvalue weighted by molar-refractivity contribution is 5.99. The summed E-state index contributed by atoms with van der Waals surface area (Å²) in [4.78, 5) is 37.3. The second-order valence-electron chi connectivity index (χ2n) is 9.67. The highest BCUT2D eigenvalue weighted by atomic mass is 16.6. The Hall–Kier alpha value is -4.19. The molecule has 12 heteroatoms. The van der Waals surface area contributed by atoms with Crippen molar-refractivity contribution in [3.05, 3.63) is 37.1 Å². The number of carbonyl (C=O) groups excluding carboxylic acids is 2. The van der Waals surface area contributed by atoms with E-state index in [1.54, 1.807) is 74.3 Å². The summed E-state index contributed by atoms with van der Waals surface area (Å²) in [6.07, 6.45) is 4.36. The molecule has 0 aliphatic rings. The number of nitrogens with one attached hydrogen (secondary N) is 1. The van der Waals surface area contributed by atoms with Crippen LogP contribution in [-0.2, 0) is 11.3 Å². The average molecular weight is 482 g/mol. The predicted octanol–water partition coefficient (Wildman–Crippen LogP) is 3.12. The normalized spacial score (nSPS) is 12.2. The Balaban J connectivity index is 1.82. The lowest BCUT2D eigenvalue weighted by atomic mass is 10.1. The van der Waals surface area contributed by atoms with Gasteiger partial charge < -0.3 is 24.9 Å². The van der Waals surface area contributed by atoms with E-state index in [9.17, 15) is 14.7 Å². The van der Waals surface area contributed by atoms with Crippen LogP contribution in [0.2, 0.25) is 0 Å². The third kappa shape index (κ3) is 5.17. The lowest BCUT2D eigenvalue weighted by Gasteiger charge is -2.19. The first-order chi connectivity index (χ1) is 16.3. The number of ether oxygens (including phenoxy) is 2. The number of amides is 2. The second kappa shape index (κ2) is 8.55. The molecule has 0 spiro atoms. The molecule has 0 unspecified atom stereocenters. The molecule has 0 fully saturated rings. The summed E-state index contributed by atoms with van der Waals surface area (Å²) in [5, 5.41) is 12.9. The lowest BCUT2D eigenvalue weighted by Crippen LogP contribution is -2.38. The van der Waals surface area contributed by atoms with Crippen LogP contribution in [0.15, 0.2) is 37.1 Å². The molecule has 4 aromatic rings. The van der Waals surface area contributed by atoms with Crippen molar-refractivity contribution in [2.24, 2.45) is 0 Å². The number of pyridine rings is 1. The lowest BCUT2D eigenvalue weighted by molar-refractivity contribution is 0.0532. The number of anilines is 1. The summed E-state index contributed by atoms with van der Waals surface area (Å²) in [5.74, 6) is -0.0781. The molecule has 2 amide bonds. The molecule has 4 rings (SSSR count). The minimum Gasteiger partial charge on any atom is -0.443 e. The first-order valence-corrected chi connectivity index (χ1v) is 10.8. The summed E-state index contributed by atoms with van der Waals surface area (Å²) >= 11 is 0. The summed E-state index contributed by atoms with van der Waals surface area (Å²) in [7, 11) is 0. The topological polar surface area (TPSA) is 159 Å². The molecular weight excluding hydrogens is 454 g/mol. The third-order valence-electron chi connectivity index (χ3n) is 4.82. The van der Waals surface area contributed by atoms with E-state index in [1.165, 1.54) is 6.33 Å². The molecule has 0 aromatic carbocycles. The Morgan fingerprint density at radius 1 is 1.09 bits per heavy atom. The van der Waals surface area contributed by atoms with E-state index in [-0.39, 0.29) is 12.4 Å². The molecule has 0 atom stereocenters. The number of nitrogens with two attached hydrogens (primary N) is 1. The molecule has 0 saturated heterocycles. The molecule has 0 radical (unpaired) electrons. The van der Waals surface area contributed by atoms with Crippen molar-refractivity contribution in [1.82, 2.24) is 29.2 Å². The van der Waals surface area contributed by atoms with Crippen molar-refractivity contribution in [1.29, 1.82) is 0 Å². The Morgan fingerprint density at radius 2 is 1.83 bits per heavy atom. The smallest absolute Gasteiger partial charge is 0.423 e. The van der Waals surface area contributed by atoms with Crippen molar-refractivity contribution in [2.45, 2.75) is 52.4 Å². The zero-order valence-corrected chi connectivity index (χ0v) is 20.1. The SMILES string of the molecule is CC(C)(O)Cn1cc(-c2ccc(N)c3nccn23)c2c(OC(=O)NC(=O)OC(C)(C)C)ncnc21. The number of rotatable bonds is 4. The summed E-state index contributed by atoms with van der Waals surface area (Å²) in [6.45, 7) is 8.56. The maximum atomic E-state index is 12.5. The van der Waals surface area contributed by atoms with Gasteiger partial charge in [-0.3, -0.25) is 4.40 Å². The Kier molecular flexibility index (Phi) is 5.85. The molecule has 0 bridgehead atoms. The van der Waals surface area contributed by atoms with Crippen LogP contribution in [0.25, 0.3) is 27.9 Å². The largest absolute Gasteiger partial charge is 0.443 e. The molecule has 4 heterocycles. The zero-order chi connectivity index (χ0) is 25.5. The van der Waals surface area contributed by atoms with E-state index < -0.39 is 23.4 Å². The maximum absolute atomic E-state index is 12.5. The third-order valence-corrected chi connectivity index (χ3v) is 4.82. The number of carbonyl (C=O) groups is 2. The predicted molar refractivity (Wildman–Crippen MR) is 128 cm³/mol. The average Bonchev–Trinajstić information content (AvgIpc) is 3.32. The van der Waals surface area contributed by atoms with E-state index in [2.05, 4.69) is 15.0 Å². The van der Waals surface area contributed by atoms with Gasteiger partial charge in [0.25, 0.3) is 0 Å². The number of aromatic nitrogens is 5. The monoisotopic (exact) mass is 481 g/mol. The summed E-state index contributed by atoms with van der Waals surface area (Å²) < 4.78 is 14.0. The highest BCUT2D eigenvalue weighted by Crippen LogP contribution is 2.36. The fraction of sp³-hybridized carbons (Fsp3) is 0.348. The summed E-state index contributed by atoms with van der Waals surface area (Å²) in [5.41, 5.74) is 6.95. The maximum Gasteiger partial charge on any atom is 0.423 e. The van der Waals surface area contributed by atoms with Gasteiger partial charge in [-0.05, 0) is 46.8 Å². The van der Waals surface area contributed by atoms with E-state index in [0.717, 1.165) is 0 Å². The number of fused-ring (bicyclic) bond motifs is 2. The molecule has 4 N–H and O–H groups in total. The Morgan fingerprint density at radius 3 is 2.51 bits per heavy atom. The number of nitrogens with zero attached hydrogens (tertiary/aromatic N) is 5. The molecule has 0 aliphatic carbocycles. The van der Waals surface area contributed by atoms with Crippen LogP contribution in [0.5, 0.6) is 5.88 Å². The van der Waals surface area contributed by atoms with Gasteiger partial charge in [-0.2, -0.15) is 0 Å². The fourth-order valence-electron chi connectivity index (χ4n) is 3.66. The second-order valence-corrected chi connectivity index (χ2v) is 9.67. The molecular formula is C23H27N7O5. The van der Waals surface area contributed by atoms with Gasteiger partial charge in [0.15, 0.2) is 5.65 Å². The number of alkyl carbamates (subject to hydrolysis) is 1. The van der Waals surface area contributed by atoms with Gasteiger partial charge in [-0.1, -0.05) is 0 Å². The zero-order valence-electron chi connectivity index (χ0n) is 20.1. The van der Waals surface area contributed by atoms with Gasteiger partial charge in [0.05, 0.1) is 28.9 Å². The van der Waals surface area contributed by atoms with Crippen molar-refractivity contribution in [3.63, 3.8) is 0 Å². The van der Waals surface area contributed by atoms with E-state index in [4.69, 9.17) is 15.2 Å². The van der Waals surface area contributed by atoms with Gasteiger partial charge in [0.1, 0.15) is 17.6 Å². The fourth-order valence-corrected chi connectivity index (χ4v) is 3.66. The minimum absolute atomic E-state index is 0.0781. The van der Waals surface area contributed by atoms with Crippen LogP contribution >= 0.6 is 0 Å². The van der Waals surface area contributed by atoms with Gasteiger partial charge >= 0.3 is 12.2 Å². The molecule has 0 aliphatic heterocycles. The first-order valence-electron chi connectivity index (χ1n) is 10.8. The van der Waals surface area contributed by atoms with Crippen molar-refractivity contribution in [3.8, 4) is 17.1 Å². The molecule has 184 valence electrons. The Bertz CT molecular complexity index is 1430. The number of aliphatic hydroxyl groups is 1. The van der Waals surface area contributed by atoms with Gasteiger partial charge in [-0.25, -0.2) is 29.9 Å². The van der Waals surface area contributed by atoms with Crippen molar-refractivity contribution < 1.29 is 24.2 Å². The number of hydrogen-bond acceptors (Lipinski definition) is 9. The van der Waals surface area contributed by atoms with Gasteiger partial charge in [0, 0.05) is 24.2 Å². The van der Waals surface area contributed by atoms with Crippen molar-refractivity contribution in [2.75, 3.05) is 5.73 Å². The molecule has 4 aromatic heterocycles. The van der Waals surface area contributed by atoms with Gasteiger partial charge in [0.2, 0.25) is 5.88 Å². The molecule has 12 nitrogen and oxygen atoms in total. The molecule has 35 heavy (non-hydrogen) atoms. The van der Waals surface area contributed by atoms with Gasteiger partial charge in [-0.15, -0.1) is 0 Å². The van der Waals surface area contributed by atoms with E-state index in [1.807, 2.05) is 5.32 Å². The number of imide groups is 1. The number of imidazole rings is 1. The van der Waals surface area contributed by atoms with E-state index in [0.29, 0.717) is 33.6 Å². The van der Waals surface area contributed by atoms with Crippen LogP contribution in [0, 0.1) is 0 Å². The van der Waals surface area contributed by atoms with Crippen LogP contribution in [0.3, 0.4) is 0 Å². The number of hydrogen-bond donors (Lipinski definition) is 3. The van der Waals surface area contributed by atoms with Crippen molar-refractivity contribution >= 4 is 34.6 Å². The first kappa shape index (κ1) is 24.0. The number of nitrogen functional groups attached to an aromatic ring is 1. The molecule has 0 saturated carbocycles. The quantitative estimate of drug-likeness (QED) is 0.398. The van der Waals surface area contributed by atoms with Crippen LogP contribution in [0.1, 0.15) is 34.6 Å². The highest BCUT2D eigenvalue weighted by Gasteiger charge is 2.25.